The van der Waals surface area contributed by atoms with Crippen molar-refractivity contribution in [1.82, 2.24) is 4.98 Å². The van der Waals surface area contributed by atoms with Gasteiger partial charge in [0.1, 0.15) is 11.6 Å². The summed E-state index contributed by atoms with van der Waals surface area (Å²) < 4.78 is 131. The Hall–Kier alpha value is -12.3. The minimum atomic E-state index is -3.47. The Balaban J connectivity index is 0.000000147. The van der Waals surface area contributed by atoms with Crippen LogP contribution in [-0.4, -0.2) is 129 Å². The lowest BCUT2D eigenvalue weighted by atomic mass is 10.1. The zero-order valence-electron chi connectivity index (χ0n) is 67.1. The first-order valence-corrected chi connectivity index (χ1v) is 47.7. The number of halogens is 8. The molecule has 11 aromatic carbocycles. The number of sulfonamides is 4. The third kappa shape index (κ3) is 23.2. The molecule has 7 amide bonds. The third-order valence-corrected chi connectivity index (χ3v) is 29.3. The number of rotatable bonds is 18. The Morgan fingerprint density at radius 3 is 1.05 bits per heavy atom. The largest absolute Gasteiger partial charge is 0.322 e. The summed E-state index contributed by atoms with van der Waals surface area (Å²) in [6.45, 7) is 3.20. The molecule has 4 saturated heterocycles. The monoisotopic (exact) mass is 1930 g/mol. The molecule has 0 bridgehead atoms. The quantitative estimate of drug-likeness (QED) is 0.0420. The zero-order valence-corrected chi connectivity index (χ0v) is 74.9. The smallest absolute Gasteiger partial charge is 0.258 e. The second-order valence-corrected chi connectivity index (χ2v) is 39.7. The van der Waals surface area contributed by atoms with Crippen molar-refractivity contribution in [3.8, 4) is 0 Å². The number of anilines is 11. The van der Waals surface area contributed by atoms with Gasteiger partial charge in [0.05, 0.1) is 88.9 Å². The molecule has 5 heterocycles. The van der Waals surface area contributed by atoms with Crippen LogP contribution < -0.4 is 54.4 Å². The van der Waals surface area contributed by atoms with Crippen LogP contribution in [0.15, 0.2) is 243 Å². The van der Waals surface area contributed by atoms with Gasteiger partial charge < -0.3 is 37.2 Å². The molecule has 0 saturated carbocycles. The summed E-state index contributed by atoms with van der Waals surface area (Å²) in [5, 5.41) is 22.7. The van der Waals surface area contributed by atoms with Crippen LogP contribution in [0.5, 0.6) is 0 Å². The summed E-state index contributed by atoms with van der Waals surface area (Å²) in [6.07, 6.45) is 5.57. The van der Waals surface area contributed by atoms with Crippen LogP contribution in [0, 0.1) is 18.6 Å². The maximum Gasteiger partial charge on any atom is 0.258 e. The van der Waals surface area contributed by atoms with E-state index in [1.165, 1.54) is 93.5 Å². The van der Waals surface area contributed by atoms with Crippen molar-refractivity contribution in [3.05, 3.63) is 329 Å². The molecule has 16 rings (SSSR count). The first-order chi connectivity index (χ1) is 60.9. The molecule has 1 aromatic heterocycles. The molecule has 660 valence electrons. The average molecular weight is 1930 g/mol. The van der Waals surface area contributed by atoms with Gasteiger partial charge in [0.15, 0.2) is 0 Å². The number of hydrogen-bond donors (Lipinski definition) is 7. The number of aromatic nitrogens is 1. The predicted molar refractivity (Wildman–Crippen MR) is 500 cm³/mol. The van der Waals surface area contributed by atoms with Crippen LogP contribution in [-0.2, 0) is 40.1 Å². The molecule has 12 aromatic rings. The third-order valence-electron chi connectivity index (χ3n) is 20.1. The maximum absolute atomic E-state index is 14.7. The lowest BCUT2D eigenvalue weighted by molar-refractivity contribution is 0.101. The van der Waals surface area contributed by atoms with Gasteiger partial charge in [-0.2, -0.15) is 0 Å². The number of fused-ring (bicyclic) bond motifs is 1. The van der Waals surface area contributed by atoms with E-state index in [-0.39, 0.29) is 102 Å². The lowest BCUT2D eigenvalue weighted by Crippen LogP contribution is -2.25. The van der Waals surface area contributed by atoms with Crippen LogP contribution in [0.1, 0.15) is 104 Å². The van der Waals surface area contributed by atoms with Crippen LogP contribution in [0.3, 0.4) is 0 Å². The highest BCUT2D eigenvalue weighted by molar-refractivity contribution is 7.94. The van der Waals surface area contributed by atoms with E-state index >= 15 is 0 Å². The van der Waals surface area contributed by atoms with Crippen molar-refractivity contribution in [2.24, 2.45) is 0 Å². The van der Waals surface area contributed by atoms with Crippen molar-refractivity contribution < 1.29 is 76.0 Å². The number of carbonyl (C=O) groups is 7. The fourth-order valence-electron chi connectivity index (χ4n) is 13.7. The van der Waals surface area contributed by atoms with Crippen LogP contribution in [0.4, 0.5) is 71.3 Å². The van der Waals surface area contributed by atoms with Crippen molar-refractivity contribution in [3.63, 3.8) is 0 Å². The molecular formula is C89H74Cl6F2N12O15S4. The fraction of sp³-hybridized carbons (Fsp3) is 0.146. The highest BCUT2D eigenvalue weighted by Gasteiger charge is 2.34. The molecule has 0 unspecified atom stereocenters. The lowest BCUT2D eigenvalue weighted by Gasteiger charge is -2.18. The number of hydrogen-bond acceptors (Lipinski definition) is 16. The van der Waals surface area contributed by atoms with Crippen molar-refractivity contribution >= 4 is 224 Å². The normalized spacial score (nSPS) is 14.9. The number of amides is 7. The standard InChI is InChI=1S/C24H21ClFN3O4S.C23H18Cl3N3O4S.C23H18Cl2FN3O4S.C19H17N3O3S/c1-15-6-7-18(13-22(15)28-23(30)16-4-2-5-17(25)12-16)27-24(31)20-9-8-19(14-21(20)26)29-10-3-11-34(29,32)33;2*24-15-4-1-3-14(11-15)22(30)28-21-12-16(5-8-19(21)25)27-23(31)18-7-6-17(13-20(18)26)29-9-2-10-34(29,32)33;23-19(21-17-5-2-16-13-20-9-8-15(16)12-17)14-3-6-18(7-4-14)22-10-1-11-26(22,24)25/h2,4-9,12-14H,3,10-11H2,1H3,(H,27,31)(H,28,30);2*1,3-8,11-13H,2,9-10H2,(H,27,31)(H,28,30);2-9,12-13H,1,10-11H2,(H,21,23). The number of carbonyl (C=O) groups excluding carboxylic acids is 7. The highest BCUT2D eigenvalue weighted by atomic mass is 35.5. The highest BCUT2D eigenvalue weighted by Crippen LogP contribution is 2.36. The van der Waals surface area contributed by atoms with Gasteiger partial charge in [0, 0.05) is 110 Å². The summed E-state index contributed by atoms with van der Waals surface area (Å²) in [4.78, 5) is 92.2. The topological polar surface area (TPSA) is 366 Å². The van der Waals surface area contributed by atoms with E-state index in [4.69, 9.17) is 69.6 Å². The average Bonchev–Trinajstić information content (AvgIpc) is 1.47. The molecule has 27 nitrogen and oxygen atoms in total. The molecular weight excluding hydrogens is 1860 g/mol. The van der Waals surface area contributed by atoms with Gasteiger partial charge in [-0.15, -0.1) is 0 Å². The Morgan fingerprint density at radius 2 is 0.656 bits per heavy atom. The summed E-state index contributed by atoms with van der Waals surface area (Å²) >= 11 is 36.5. The van der Waals surface area contributed by atoms with E-state index in [1.807, 2.05) is 24.3 Å². The summed E-state index contributed by atoms with van der Waals surface area (Å²) in [7, 11) is -13.5. The van der Waals surface area contributed by atoms with Crippen molar-refractivity contribution in [2.45, 2.75) is 32.6 Å². The molecule has 4 fully saturated rings. The summed E-state index contributed by atoms with van der Waals surface area (Å²) in [5.41, 5.74) is 6.01. The molecule has 4 aliphatic heterocycles. The zero-order chi connectivity index (χ0) is 91.5. The van der Waals surface area contributed by atoms with Gasteiger partial charge in [0.25, 0.3) is 41.4 Å². The Kier molecular flexibility index (Phi) is 29.4. The van der Waals surface area contributed by atoms with E-state index in [0.717, 1.165) is 37.1 Å². The van der Waals surface area contributed by atoms with E-state index in [0.29, 0.717) is 116 Å². The van der Waals surface area contributed by atoms with Gasteiger partial charge in [-0.05, 0) is 244 Å². The van der Waals surface area contributed by atoms with Gasteiger partial charge in [0.2, 0.25) is 40.1 Å². The van der Waals surface area contributed by atoms with E-state index in [1.54, 1.807) is 129 Å². The molecule has 4 aliphatic rings. The minimum Gasteiger partial charge on any atom is -0.322 e. The van der Waals surface area contributed by atoms with E-state index in [2.05, 4.69) is 42.2 Å². The Labute approximate surface area is 764 Å². The Morgan fingerprint density at radius 1 is 0.312 bits per heavy atom. The minimum absolute atomic E-state index is 0.00358. The molecule has 0 radical (unpaired) electrons. The van der Waals surface area contributed by atoms with E-state index in [9.17, 15) is 76.0 Å². The number of nitrogens with zero attached hydrogens (tertiary/aromatic N) is 5. The number of nitrogens with one attached hydrogen (secondary N) is 7. The second-order valence-electron chi connectivity index (χ2n) is 29.1. The summed E-state index contributed by atoms with van der Waals surface area (Å²) in [6, 6.07) is 59.2. The van der Waals surface area contributed by atoms with Crippen LogP contribution in [0.2, 0.25) is 30.1 Å². The molecule has 0 atom stereocenters. The fourth-order valence-corrected chi connectivity index (χ4v) is 21.1. The molecule has 128 heavy (non-hydrogen) atoms. The molecule has 7 N–H and O–H groups in total. The number of aryl methyl sites for hydroxylation is 1. The number of benzene rings is 11. The second kappa shape index (κ2) is 40.4. The van der Waals surface area contributed by atoms with Crippen LogP contribution >= 0.6 is 69.6 Å². The van der Waals surface area contributed by atoms with Gasteiger partial charge in [-0.3, -0.25) is 55.8 Å². The first-order valence-electron chi connectivity index (χ1n) is 38.9. The summed E-state index contributed by atoms with van der Waals surface area (Å²) in [5.74, 6) is -4.85. The molecule has 0 aliphatic carbocycles. The molecule has 39 heteroatoms. The van der Waals surface area contributed by atoms with Crippen molar-refractivity contribution in [2.75, 3.05) is 104 Å². The van der Waals surface area contributed by atoms with Gasteiger partial charge >= 0.3 is 0 Å². The van der Waals surface area contributed by atoms with Crippen LogP contribution in [0.25, 0.3) is 10.8 Å². The maximum atomic E-state index is 14.7. The van der Waals surface area contributed by atoms with Gasteiger partial charge in [-0.25, -0.2) is 42.5 Å². The predicted octanol–water partition coefficient (Wildman–Crippen LogP) is 18.7. The van der Waals surface area contributed by atoms with Crippen molar-refractivity contribution in [1.29, 1.82) is 0 Å². The number of pyridine rings is 1. The molecule has 0 spiro atoms. The van der Waals surface area contributed by atoms with E-state index < -0.39 is 81.3 Å². The SMILES string of the molecule is Cc1ccc(NC(=O)c2ccc(N3CCCS3(=O)=O)cc2F)cc1NC(=O)c1cccc(Cl)c1.O=C(Nc1cc(NC(=O)c2ccc(N3CCCS3(=O)=O)cc2Cl)ccc1Cl)c1cccc(Cl)c1.O=C(Nc1cc(NC(=O)c2ccc(N3CCCS3(=O)=O)cc2F)ccc1Cl)c1cccc(Cl)c1.O=C(Nc1ccc2cnccc2c1)c1ccc(N2CCCS2(=O)=O)cc1. The Bertz CT molecular complexity index is 6390. The van der Waals surface area contributed by atoms with Gasteiger partial charge in [-0.1, -0.05) is 99.9 Å². The first kappa shape index (κ1) is 93.4.